The number of aromatic carboxylic acids is 1. The molecule has 25 heavy (non-hydrogen) atoms. The molecule has 0 aliphatic heterocycles. The molecule has 142 valence electrons. The third-order valence-electron chi connectivity index (χ3n) is 3.15. The van der Waals surface area contributed by atoms with Gasteiger partial charge in [0.05, 0.1) is 33.3 Å². The van der Waals surface area contributed by atoms with E-state index in [0.717, 1.165) is 0 Å². The largest absolute Gasteiger partial charge is 0.497 e. The Balaban J connectivity index is 2.85. The zero-order valence-corrected chi connectivity index (χ0v) is 16.5. The average molecular weight is 394 g/mol. The topological polar surface area (TPSA) is 104 Å². The van der Waals surface area contributed by atoms with E-state index in [1.165, 1.54) is 27.4 Å². The van der Waals surface area contributed by atoms with Crippen LogP contribution in [0.25, 0.3) is 0 Å². The normalized spacial score (nSPS) is 13.3. The quantitative estimate of drug-likeness (QED) is 0.521. The second-order valence-corrected chi connectivity index (χ2v) is 8.06. The summed E-state index contributed by atoms with van der Waals surface area (Å²) in [6.07, 6.45) is 0.331. The molecule has 0 bridgehead atoms. The Morgan fingerprint density at radius 2 is 1.88 bits per heavy atom. The molecule has 2 unspecified atom stereocenters. The van der Waals surface area contributed by atoms with Crippen molar-refractivity contribution in [3.8, 4) is 11.5 Å². The molecule has 0 aromatic heterocycles. The van der Waals surface area contributed by atoms with Gasteiger partial charge in [-0.2, -0.15) is 0 Å². The van der Waals surface area contributed by atoms with Gasteiger partial charge in [-0.3, -0.25) is 0 Å². The van der Waals surface area contributed by atoms with Gasteiger partial charge in [0.2, 0.25) is 0 Å². The van der Waals surface area contributed by atoms with Crippen molar-refractivity contribution in [3.63, 3.8) is 0 Å². The molecule has 1 aromatic rings. The number of hydrogen-bond acceptors (Lipinski definition) is 7. The molecular formula is C15H24O8P2. The number of ether oxygens (including phenoxy) is 2. The maximum atomic E-state index is 11.6. The lowest BCUT2D eigenvalue weighted by atomic mass is 10.0. The fourth-order valence-electron chi connectivity index (χ4n) is 2.04. The van der Waals surface area contributed by atoms with E-state index < -0.39 is 22.7 Å². The van der Waals surface area contributed by atoms with Crippen LogP contribution in [-0.4, -0.2) is 56.4 Å². The molecule has 8 nitrogen and oxygen atoms in total. The minimum Gasteiger partial charge on any atom is -0.497 e. The third kappa shape index (κ3) is 7.02. The summed E-state index contributed by atoms with van der Waals surface area (Å²) in [4.78, 5) is 21.2. The van der Waals surface area contributed by atoms with E-state index in [9.17, 15) is 14.8 Å². The van der Waals surface area contributed by atoms with Crippen LogP contribution in [0.3, 0.4) is 0 Å². The average Bonchev–Trinajstić information content (AvgIpc) is 2.60. The molecule has 1 rings (SSSR count). The fourth-order valence-corrected chi connectivity index (χ4v) is 4.60. The van der Waals surface area contributed by atoms with Crippen molar-refractivity contribution in [2.45, 2.75) is 13.3 Å². The monoisotopic (exact) mass is 394 g/mol. The first kappa shape index (κ1) is 22.0. The molecule has 0 aliphatic rings. The van der Waals surface area contributed by atoms with Gasteiger partial charge in [0, 0.05) is 13.2 Å². The Labute approximate surface area is 149 Å². The van der Waals surface area contributed by atoms with Gasteiger partial charge >= 0.3 is 5.97 Å². The van der Waals surface area contributed by atoms with Crippen molar-refractivity contribution < 1.29 is 37.8 Å². The van der Waals surface area contributed by atoms with Crippen molar-refractivity contribution in [2.75, 3.05) is 40.4 Å². The van der Waals surface area contributed by atoms with Crippen LogP contribution in [0.4, 0.5) is 0 Å². The van der Waals surface area contributed by atoms with Crippen molar-refractivity contribution in [1.82, 2.24) is 0 Å². The molecule has 0 saturated carbocycles. The summed E-state index contributed by atoms with van der Waals surface area (Å²) >= 11 is 0. The van der Waals surface area contributed by atoms with Gasteiger partial charge in [-0.25, -0.2) is 4.79 Å². The van der Waals surface area contributed by atoms with E-state index in [-0.39, 0.29) is 23.8 Å². The summed E-state index contributed by atoms with van der Waals surface area (Å²) in [5, 5.41) is 9.46. The number of hydrogen-bond donors (Lipinski definition) is 2. The second kappa shape index (κ2) is 11.6. The fraction of sp³-hybridized carbons (Fsp3) is 0.533. The van der Waals surface area contributed by atoms with Crippen molar-refractivity contribution in [2.24, 2.45) is 0 Å². The van der Waals surface area contributed by atoms with Crippen LogP contribution in [0, 0.1) is 0 Å². The Hall–Kier alpha value is -1.01. The van der Waals surface area contributed by atoms with Crippen LogP contribution < -0.4 is 9.47 Å². The van der Waals surface area contributed by atoms with E-state index >= 15 is 0 Å². The molecule has 0 saturated heterocycles. The summed E-state index contributed by atoms with van der Waals surface area (Å²) < 4.78 is 26.4. The predicted molar refractivity (Wildman–Crippen MR) is 95.7 cm³/mol. The highest BCUT2D eigenvalue weighted by molar-refractivity contribution is 7.64. The lowest BCUT2D eigenvalue weighted by molar-refractivity contribution is 0.0692. The first-order chi connectivity index (χ1) is 12.0. The predicted octanol–water partition coefficient (Wildman–Crippen LogP) is 3.22. The highest BCUT2D eigenvalue weighted by atomic mass is 31.2. The van der Waals surface area contributed by atoms with Crippen molar-refractivity contribution >= 4 is 22.7 Å². The van der Waals surface area contributed by atoms with Crippen molar-refractivity contribution in [3.05, 3.63) is 23.3 Å². The number of carboxylic acids is 1. The molecule has 2 atom stereocenters. The summed E-state index contributed by atoms with van der Waals surface area (Å²) in [7, 11) is 1.44. The van der Waals surface area contributed by atoms with Gasteiger partial charge in [0.25, 0.3) is 0 Å². The molecule has 0 aliphatic carbocycles. The van der Waals surface area contributed by atoms with Crippen LogP contribution in [0.1, 0.15) is 22.8 Å². The number of methoxy groups -OCH3 is 2. The maximum Gasteiger partial charge on any atom is 0.339 e. The lowest BCUT2D eigenvalue weighted by Crippen LogP contribution is -2.09. The Kier molecular flexibility index (Phi) is 10.2. The first-order valence-corrected chi connectivity index (χ1v) is 10.2. The maximum absolute atomic E-state index is 11.6. The van der Waals surface area contributed by atoms with Crippen LogP contribution in [0.15, 0.2) is 12.1 Å². The minimum absolute atomic E-state index is 0.0777. The van der Waals surface area contributed by atoms with Crippen LogP contribution in [-0.2, 0) is 20.0 Å². The molecule has 0 spiro atoms. The lowest BCUT2D eigenvalue weighted by Gasteiger charge is -2.19. The van der Waals surface area contributed by atoms with E-state index in [2.05, 4.69) is 0 Å². The Bertz CT molecular complexity index is 555. The third-order valence-corrected chi connectivity index (χ3v) is 6.48. The van der Waals surface area contributed by atoms with Crippen LogP contribution >= 0.6 is 16.8 Å². The van der Waals surface area contributed by atoms with E-state index in [1.54, 1.807) is 6.07 Å². The number of carboxylic acid groups (broad SMARTS) is 1. The second-order valence-electron chi connectivity index (χ2n) is 4.68. The standard InChI is InChI=1S/C15H24O8P2/c1-5-22-25(10-24(18)21-4)23-7-6-11-8-12(19-2)9-13(20-3)14(11)15(16)17/h8-9,18H,5-7,10H2,1-4H3,(H,16,17). The van der Waals surface area contributed by atoms with Gasteiger partial charge in [-0.1, -0.05) is 0 Å². The SMILES string of the molecule is CCOP(CP(O)OC)OCCc1cc(OC)cc(OC)c1C(=O)O. The van der Waals surface area contributed by atoms with Gasteiger partial charge < -0.3 is 33.0 Å². The van der Waals surface area contributed by atoms with E-state index in [0.29, 0.717) is 24.3 Å². The number of carbonyl (C=O) groups is 1. The molecule has 10 heteroatoms. The zero-order chi connectivity index (χ0) is 18.8. The summed E-state index contributed by atoms with van der Waals surface area (Å²) in [6, 6.07) is 3.17. The summed E-state index contributed by atoms with van der Waals surface area (Å²) in [6.45, 7) is 2.52. The Morgan fingerprint density at radius 3 is 2.40 bits per heavy atom. The van der Waals surface area contributed by atoms with Gasteiger partial charge in [0.15, 0.2) is 16.8 Å². The summed E-state index contributed by atoms with van der Waals surface area (Å²) in [5.74, 6) is -0.0726. The number of benzene rings is 1. The highest BCUT2D eigenvalue weighted by Gasteiger charge is 2.20. The molecule has 1 aromatic carbocycles. The smallest absolute Gasteiger partial charge is 0.339 e. The molecule has 2 N–H and O–H groups in total. The van der Waals surface area contributed by atoms with Gasteiger partial charge in [-0.15, -0.1) is 0 Å². The zero-order valence-electron chi connectivity index (χ0n) is 14.7. The Morgan fingerprint density at radius 1 is 1.16 bits per heavy atom. The molecule has 0 radical (unpaired) electrons. The molecular weight excluding hydrogens is 370 g/mol. The van der Waals surface area contributed by atoms with Crippen LogP contribution in [0.2, 0.25) is 0 Å². The highest BCUT2D eigenvalue weighted by Crippen LogP contribution is 2.50. The van der Waals surface area contributed by atoms with E-state index in [4.69, 9.17) is 23.0 Å². The molecule has 0 fully saturated rings. The van der Waals surface area contributed by atoms with Gasteiger partial charge in [0.1, 0.15) is 17.1 Å². The summed E-state index contributed by atoms with van der Waals surface area (Å²) in [5.41, 5.74) is 0.613. The van der Waals surface area contributed by atoms with E-state index in [1.807, 2.05) is 6.92 Å². The van der Waals surface area contributed by atoms with Crippen LogP contribution in [0.5, 0.6) is 11.5 Å². The molecule has 0 amide bonds. The first-order valence-electron chi connectivity index (χ1n) is 7.48. The number of rotatable bonds is 12. The molecule has 0 heterocycles. The van der Waals surface area contributed by atoms with Gasteiger partial charge in [-0.05, 0) is 25.0 Å². The minimum atomic E-state index is -1.59. The van der Waals surface area contributed by atoms with Crippen molar-refractivity contribution in [1.29, 1.82) is 0 Å².